The number of nitrogens with zero attached hydrogens (tertiary/aromatic N) is 2. The Hall–Kier alpha value is -1.24. The molecule has 0 aliphatic rings. The van der Waals surface area contributed by atoms with Gasteiger partial charge < -0.3 is 14.8 Å². The van der Waals surface area contributed by atoms with E-state index in [0.717, 1.165) is 22.6 Å². The van der Waals surface area contributed by atoms with Gasteiger partial charge in [-0.15, -0.1) is 11.3 Å². The average Bonchev–Trinajstić information content (AvgIpc) is 2.77. The second-order valence-electron chi connectivity index (χ2n) is 3.85. The number of fused-ring (bicyclic) bond motifs is 1. The molecule has 0 radical (unpaired) electrons. The zero-order valence-corrected chi connectivity index (χ0v) is 11.4. The first-order valence-corrected chi connectivity index (χ1v) is 6.70. The lowest BCUT2D eigenvalue weighted by molar-refractivity contribution is 0.0759. The lowest BCUT2D eigenvalue weighted by Crippen LogP contribution is -2.12. The zero-order valence-electron chi connectivity index (χ0n) is 10.6. The van der Waals surface area contributed by atoms with Gasteiger partial charge in [0.25, 0.3) is 0 Å². The van der Waals surface area contributed by atoms with Crippen molar-refractivity contribution in [1.82, 2.24) is 9.97 Å². The third-order valence-corrected chi connectivity index (χ3v) is 3.60. The van der Waals surface area contributed by atoms with E-state index >= 15 is 0 Å². The summed E-state index contributed by atoms with van der Waals surface area (Å²) in [6.07, 6.45) is 1.59. The summed E-state index contributed by atoms with van der Waals surface area (Å²) in [5.74, 6) is 0.883. The molecule has 0 amide bonds. The van der Waals surface area contributed by atoms with Gasteiger partial charge in [0.15, 0.2) is 0 Å². The fourth-order valence-corrected chi connectivity index (χ4v) is 2.55. The summed E-state index contributed by atoms with van der Waals surface area (Å²) in [6, 6.07) is 0. The number of hydrogen-bond donors (Lipinski definition) is 1. The van der Waals surface area contributed by atoms with Gasteiger partial charge in [0.05, 0.1) is 30.0 Å². The van der Waals surface area contributed by atoms with Crippen LogP contribution in [0.15, 0.2) is 11.7 Å². The molecule has 1 N–H and O–H groups in total. The van der Waals surface area contributed by atoms with Crippen molar-refractivity contribution < 1.29 is 9.47 Å². The van der Waals surface area contributed by atoms with E-state index in [0.29, 0.717) is 19.8 Å². The monoisotopic (exact) mass is 267 g/mol. The second-order valence-corrected chi connectivity index (χ2v) is 4.73. The van der Waals surface area contributed by atoms with Crippen molar-refractivity contribution in [2.24, 2.45) is 0 Å². The van der Waals surface area contributed by atoms with Crippen LogP contribution in [0.2, 0.25) is 0 Å². The fourth-order valence-electron chi connectivity index (χ4n) is 1.58. The molecule has 2 aromatic rings. The van der Waals surface area contributed by atoms with E-state index in [4.69, 9.17) is 9.47 Å². The molecule has 0 bridgehead atoms. The molecule has 98 valence electrons. The summed E-state index contributed by atoms with van der Waals surface area (Å²) in [5.41, 5.74) is 2.22. The van der Waals surface area contributed by atoms with Crippen molar-refractivity contribution in [1.29, 1.82) is 0 Å². The maximum Gasteiger partial charge on any atom is 0.147 e. The number of methoxy groups -OCH3 is 1. The lowest BCUT2D eigenvalue weighted by atomic mass is 10.3. The lowest BCUT2D eigenvalue weighted by Gasteiger charge is -2.07. The molecule has 0 saturated carbocycles. The third kappa shape index (κ3) is 3.16. The second kappa shape index (κ2) is 6.63. The van der Waals surface area contributed by atoms with Gasteiger partial charge in [-0.25, -0.2) is 9.97 Å². The van der Waals surface area contributed by atoms with E-state index in [1.807, 2.05) is 0 Å². The average molecular weight is 267 g/mol. The molecule has 2 rings (SSSR count). The molecule has 2 aromatic heterocycles. The first-order chi connectivity index (χ1) is 8.83. The Morgan fingerprint density at radius 3 is 3.00 bits per heavy atom. The van der Waals surface area contributed by atoms with Gasteiger partial charge in [0, 0.05) is 13.7 Å². The normalized spacial score (nSPS) is 11.0. The third-order valence-electron chi connectivity index (χ3n) is 2.50. The first kappa shape index (κ1) is 13.2. The molecule has 0 aromatic carbocycles. The molecular weight excluding hydrogens is 250 g/mol. The van der Waals surface area contributed by atoms with Gasteiger partial charge in [0.2, 0.25) is 0 Å². The summed E-state index contributed by atoms with van der Waals surface area (Å²) in [4.78, 5) is 8.54. The molecule has 0 aliphatic carbocycles. The van der Waals surface area contributed by atoms with Crippen molar-refractivity contribution in [3.05, 3.63) is 17.3 Å². The molecule has 0 atom stereocenters. The summed E-state index contributed by atoms with van der Waals surface area (Å²) in [5, 5.41) is 5.37. The quantitative estimate of drug-likeness (QED) is 0.778. The highest BCUT2D eigenvalue weighted by atomic mass is 32.1. The van der Waals surface area contributed by atoms with Crippen LogP contribution in [-0.2, 0) is 9.47 Å². The Morgan fingerprint density at radius 1 is 1.28 bits per heavy atom. The molecule has 0 aliphatic heterocycles. The Kier molecular flexibility index (Phi) is 4.86. The number of nitrogens with one attached hydrogen (secondary N) is 1. The molecule has 6 heteroatoms. The zero-order chi connectivity index (χ0) is 12.8. The molecule has 0 saturated heterocycles. The van der Waals surface area contributed by atoms with E-state index in [1.165, 1.54) is 5.56 Å². The van der Waals surface area contributed by atoms with E-state index in [2.05, 4.69) is 27.6 Å². The number of aromatic nitrogens is 2. The minimum absolute atomic E-state index is 0.621. The number of thiophene rings is 1. The number of rotatable bonds is 7. The van der Waals surface area contributed by atoms with Crippen LogP contribution in [-0.4, -0.2) is 43.4 Å². The molecule has 0 spiro atoms. The van der Waals surface area contributed by atoms with E-state index in [1.54, 1.807) is 24.8 Å². The van der Waals surface area contributed by atoms with E-state index < -0.39 is 0 Å². The van der Waals surface area contributed by atoms with Gasteiger partial charge >= 0.3 is 0 Å². The Bertz CT molecular complexity index is 501. The summed E-state index contributed by atoms with van der Waals surface area (Å²) in [6.45, 7) is 4.67. The maximum absolute atomic E-state index is 5.39. The molecular formula is C12H17N3O2S. The van der Waals surface area contributed by atoms with Gasteiger partial charge in [-0.1, -0.05) is 0 Å². The van der Waals surface area contributed by atoms with Crippen LogP contribution in [0.5, 0.6) is 0 Å². The molecule has 0 fully saturated rings. The molecule has 2 heterocycles. The minimum Gasteiger partial charge on any atom is -0.382 e. The van der Waals surface area contributed by atoms with E-state index in [9.17, 15) is 0 Å². The van der Waals surface area contributed by atoms with E-state index in [-0.39, 0.29) is 0 Å². The minimum atomic E-state index is 0.621. The van der Waals surface area contributed by atoms with Crippen molar-refractivity contribution in [3.8, 4) is 0 Å². The highest BCUT2D eigenvalue weighted by Crippen LogP contribution is 2.28. The fraction of sp³-hybridized carbons (Fsp3) is 0.500. The van der Waals surface area contributed by atoms with Gasteiger partial charge in [0.1, 0.15) is 12.1 Å². The van der Waals surface area contributed by atoms with Gasteiger partial charge in [-0.05, 0) is 17.9 Å². The molecule has 5 nitrogen and oxygen atoms in total. The largest absolute Gasteiger partial charge is 0.382 e. The first-order valence-electron chi connectivity index (χ1n) is 5.82. The number of anilines is 1. The van der Waals surface area contributed by atoms with Crippen LogP contribution >= 0.6 is 11.3 Å². The predicted octanol–water partition coefficient (Wildman–Crippen LogP) is 2.07. The van der Waals surface area contributed by atoms with Crippen molar-refractivity contribution in [2.75, 3.05) is 38.8 Å². The van der Waals surface area contributed by atoms with Crippen LogP contribution < -0.4 is 5.32 Å². The number of hydrogen-bond acceptors (Lipinski definition) is 6. The highest BCUT2D eigenvalue weighted by Gasteiger charge is 2.07. The van der Waals surface area contributed by atoms with Gasteiger partial charge in [-0.3, -0.25) is 0 Å². The van der Waals surface area contributed by atoms with Crippen LogP contribution in [0, 0.1) is 6.92 Å². The van der Waals surface area contributed by atoms with Crippen molar-refractivity contribution in [2.45, 2.75) is 6.92 Å². The summed E-state index contributed by atoms with van der Waals surface area (Å²) in [7, 11) is 1.67. The molecule has 0 unspecified atom stereocenters. The number of aryl methyl sites for hydroxylation is 1. The smallest absolute Gasteiger partial charge is 0.147 e. The number of ether oxygens (including phenoxy) is 2. The highest BCUT2D eigenvalue weighted by molar-refractivity contribution is 7.18. The summed E-state index contributed by atoms with van der Waals surface area (Å²) >= 11 is 1.66. The Morgan fingerprint density at radius 2 is 2.17 bits per heavy atom. The Balaban J connectivity index is 1.88. The van der Waals surface area contributed by atoms with Gasteiger partial charge in [-0.2, -0.15) is 0 Å². The van der Waals surface area contributed by atoms with Crippen LogP contribution in [0.1, 0.15) is 5.56 Å². The topological polar surface area (TPSA) is 56.3 Å². The van der Waals surface area contributed by atoms with Crippen LogP contribution in [0.25, 0.3) is 10.2 Å². The van der Waals surface area contributed by atoms with Crippen molar-refractivity contribution in [3.63, 3.8) is 0 Å². The standard InChI is InChI=1S/C12H17N3O2S/c1-9-7-18-11-10(9)14-8-15-12(11)13-3-4-17-6-5-16-2/h7-8H,3-6H2,1-2H3,(H,13,14,15). The van der Waals surface area contributed by atoms with Crippen LogP contribution in [0.3, 0.4) is 0 Å². The molecule has 18 heavy (non-hydrogen) atoms. The summed E-state index contributed by atoms with van der Waals surface area (Å²) < 4.78 is 11.4. The van der Waals surface area contributed by atoms with Crippen molar-refractivity contribution >= 4 is 27.4 Å². The SMILES string of the molecule is COCCOCCNc1ncnc2c(C)csc12. The maximum atomic E-state index is 5.39. The predicted molar refractivity (Wildman–Crippen MR) is 73.3 cm³/mol. The van der Waals surface area contributed by atoms with Crippen LogP contribution in [0.4, 0.5) is 5.82 Å². The Labute approximate surface area is 110 Å².